The van der Waals surface area contributed by atoms with E-state index in [1.165, 1.54) is 0 Å². The zero-order valence-corrected chi connectivity index (χ0v) is 11.5. The second-order valence-electron chi connectivity index (χ2n) is 5.24. The Labute approximate surface area is 117 Å². The molecule has 0 radical (unpaired) electrons. The third-order valence-electron chi connectivity index (χ3n) is 4.01. The largest absolute Gasteiger partial charge is 0.504 e. The number of phenols is 1. The van der Waals surface area contributed by atoms with Gasteiger partial charge in [0, 0.05) is 38.3 Å². The lowest BCUT2D eigenvalue weighted by Gasteiger charge is -2.36. The van der Waals surface area contributed by atoms with Crippen molar-refractivity contribution in [1.82, 2.24) is 15.1 Å². The fraction of sp³-hybridized carbons (Fsp3) is 0.500. The summed E-state index contributed by atoms with van der Waals surface area (Å²) in [7, 11) is 1.55. The molecule has 1 aromatic rings. The van der Waals surface area contributed by atoms with Crippen LogP contribution in [0.1, 0.15) is 5.56 Å². The summed E-state index contributed by atoms with van der Waals surface area (Å²) in [5.41, 5.74) is 0.857. The predicted octanol–water partition coefficient (Wildman–Crippen LogP) is 0.610. The number of amides is 2. The Kier molecular flexibility index (Phi) is 3.40. The molecule has 0 saturated carbocycles. The zero-order chi connectivity index (χ0) is 14.1. The lowest BCUT2D eigenvalue weighted by atomic mass is 10.1. The number of fused-ring (bicyclic) bond motifs is 1. The summed E-state index contributed by atoms with van der Waals surface area (Å²) in [4.78, 5) is 15.7. The highest BCUT2D eigenvalue weighted by Crippen LogP contribution is 2.30. The van der Waals surface area contributed by atoms with Gasteiger partial charge in [0.15, 0.2) is 11.5 Å². The van der Waals surface area contributed by atoms with Gasteiger partial charge in [0.25, 0.3) is 0 Å². The van der Waals surface area contributed by atoms with Crippen LogP contribution in [0.5, 0.6) is 11.5 Å². The molecule has 0 bridgehead atoms. The highest BCUT2D eigenvalue weighted by molar-refractivity contribution is 5.77. The second-order valence-corrected chi connectivity index (χ2v) is 5.24. The number of nitrogens with zero attached hydrogens (tertiary/aromatic N) is 2. The number of hydrogen-bond donors (Lipinski definition) is 2. The van der Waals surface area contributed by atoms with Gasteiger partial charge in [0.2, 0.25) is 0 Å². The van der Waals surface area contributed by atoms with Crippen molar-refractivity contribution in [3.05, 3.63) is 23.8 Å². The van der Waals surface area contributed by atoms with E-state index in [0.717, 1.165) is 25.2 Å². The second kappa shape index (κ2) is 5.20. The van der Waals surface area contributed by atoms with Crippen molar-refractivity contribution in [2.24, 2.45) is 0 Å². The number of benzene rings is 1. The van der Waals surface area contributed by atoms with Crippen LogP contribution in [0.25, 0.3) is 0 Å². The molecule has 2 aliphatic rings. The number of urea groups is 1. The van der Waals surface area contributed by atoms with E-state index in [9.17, 15) is 9.90 Å². The number of aromatic hydroxyl groups is 1. The monoisotopic (exact) mass is 277 g/mol. The fourth-order valence-corrected chi connectivity index (χ4v) is 2.91. The Bertz CT molecular complexity index is 520. The number of ether oxygens (including phenoxy) is 1. The van der Waals surface area contributed by atoms with Crippen LogP contribution in [0, 0.1) is 0 Å². The molecule has 2 fully saturated rings. The summed E-state index contributed by atoms with van der Waals surface area (Å²) in [6.07, 6.45) is 0. The van der Waals surface area contributed by atoms with Crippen molar-refractivity contribution in [2.45, 2.75) is 12.6 Å². The van der Waals surface area contributed by atoms with Crippen LogP contribution in [0.2, 0.25) is 0 Å². The van der Waals surface area contributed by atoms with Crippen LogP contribution in [0.4, 0.5) is 4.79 Å². The molecular formula is C14H19N3O3. The van der Waals surface area contributed by atoms with Crippen LogP contribution in [-0.2, 0) is 6.54 Å². The Morgan fingerprint density at radius 2 is 2.30 bits per heavy atom. The molecule has 1 aromatic carbocycles. The summed E-state index contributed by atoms with van der Waals surface area (Å²) in [6, 6.07) is 5.81. The number of methoxy groups -OCH3 is 1. The average molecular weight is 277 g/mol. The fourth-order valence-electron chi connectivity index (χ4n) is 2.91. The molecule has 6 heteroatoms. The SMILES string of the molecule is COc1cccc(CN2CCN3C(=O)NCC3C2)c1O. The molecule has 108 valence electrons. The van der Waals surface area contributed by atoms with Gasteiger partial charge in [-0.25, -0.2) is 4.79 Å². The van der Waals surface area contributed by atoms with E-state index < -0.39 is 0 Å². The number of carbonyl (C=O) groups excluding carboxylic acids is 1. The van der Waals surface area contributed by atoms with Crippen molar-refractivity contribution >= 4 is 6.03 Å². The molecule has 2 aliphatic heterocycles. The average Bonchev–Trinajstić information content (AvgIpc) is 2.82. The summed E-state index contributed by atoms with van der Waals surface area (Å²) in [6.45, 7) is 3.76. The first-order valence-corrected chi connectivity index (χ1v) is 6.80. The molecule has 2 N–H and O–H groups in total. The Hall–Kier alpha value is -1.95. The van der Waals surface area contributed by atoms with Gasteiger partial charge in [-0.1, -0.05) is 12.1 Å². The smallest absolute Gasteiger partial charge is 0.317 e. The van der Waals surface area contributed by atoms with E-state index >= 15 is 0 Å². The molecule has 1 atom stereocenters. The van der Waals surface area contributed by atoms with E-state index in [1.807, 2.05) is 17.0 Å². The highest BCUT2D eigenvalue weighted by atomic mass is 16.5. The highest BCUT2D eigenvalue weighted by Gasteiger charge is 2.35. The quantitative estimate of drug-likeness (QED) is 0.849. The third kappa shape index (κ3) is 2.27. The standard InChI is InChI=1S/C14H19N3O3/c1-20-12-4-2-3-10(13(12)18)8-16-5-6-17-11(9-16)7-15-14(17)19/h2-4,11,18H,5-9H2,1H3,(H,15,19). The minimum atomic E-state index is 0.0406. The zero-order valence-electron chi connectivity index (χ0n) is 11.5. The lowest BCUT2D eigenvalue weighted by Crippen LogP contribution is -2.51. The Morgan fingerprint density at radius 1 is 1.45 bits per heavy atom. The molecule has 3 rings (SSSR count). The van der Waals surface area contributed by atoms with E-state index in [-0.39, 0.29) is 17.8 Å². The van der Waals surface area contributed by atoms with Crippen LogP contribution >= 0.6 is 0 Å². The number of phenolic OH excluding ortho intramolecular Hbond substituents is 1. The third-order valence-corrected chi connectivity index (χ3v) is 4.01. The van der Waals surface area contributed by atoms with Crippen LogP contribution < -0.4 is 10.1 Å². The number of para-hydroxylation sites is 1. The maximum atomic E-state index is 11.6. The number of hydrogen-bond acceptors (Lipinski definition) is 4. The van der Waals surface area contributed by atoms with Crippen LogP contribution in [0.15, 0.2) is 18.2 Å². The van der Waals surface area contributed by atoms with E-state index in [0.29, 0.717) is 18.8 Å². The van der Waals surface area contributed by atoms with Gasteiger partial charge < -0.3 is 20.1 Å². The normalized spacial score (nSPS) is 22.6. The number of nitrogens with one attached hydrogen (secondary N) is 1. The number of carbonyl (C=O) groups is 1. The molecule has 1 unspecified atom stereocenters. The molecular weight excluding hydrogens is 258 g/mol. The minimum absolute atomic E-state index is 0.0406. The van der Waals surface area contributed by atoms with E-state index in [1.54, 1.807) is 13.2 Å². The molecule has 0 spiro atoms. The molecule has 2 heterocycles. The Morgan fingerprint density at radius 3 is 3.10 bits per heavy atom. The predicted molar refractivity (Wildman–Crippen MR) is 73.8 cm³/mol. The van der Waals surface area contributed by atoms with Crippen molar-refractivity contribution in [3.63, 3.8) is 0 Å². The molecule has 20 heavy (non-hydrogen) atoms. The maximum Gasteiger partial charge on any atom is 0.317 e. The van der Waals surface area contributed by atoms with Gasteiger partial charge in [-0.3, -0.25) is 4.90 Å². The summed E-state index contributed by atoms with van der Waals surface area (Å²) in [5, 5.41) is 13.0. The summed E-state index contributed by atoms with van der Waals surface area (Å²) in [5.74, 6) is 0.705. The number of piperazine rings is 1. The van der Waals surface area contributed by atoms with Crippen molar-refractivity contribution in [3.8, 4) is 11.5 Å². The summed E-state index contributed by atoms with van der Waals surface area (Å²) < 4.78 is 5.13. The summed E-state index contributed by atoms with van der Waals surface area (Å²) >= 11 is 0. The van der Waals surface area contributed by atoms with E-state index in [4.69, 9.17) is 4.74 Å². The van der Waals surface area contributed by atoms with Crippen LogP contribution in [-0.4, -0.2) is 60.3 Å². The molecule has 0 aromatic heterocycles. The van der Waals surface area contributed by atoms with Gasteiger partial charge in [-0.05, 0) is 6.07 Å². The first-order chi connectivity index (χ1) is 9.69. The first-order valence-electron chi connectivity index (χ1n) is 6.80. The van der Waals surface area contributed by atoms with Crippen molar-refractivity contribution in [2.75, 3.05) is 33.3 Å². The van der Waals surface area contributed by atoms with Gasteiger partial charge in [-0.2, -0.15) is 0 Å². The van der Waals surface area contributed by atoms with Gasteiger partial charge >= 0.3 is 6.03 Å². The topological polar surface area (TPSA) is 65.0 Å². The van der Waals surface area contributed by atoms with Crippen molar-refractivity contribution < 1.29 is 14.6 Å². The van der Waals surface area contributed by atoms with E-state index in [2.05, 4.69) is 10.2 Å². The lowest BCUT2D eigenvalue weighted by molar-refractivity contribution is 0.116. The molecule has 6 nitrogen and oxygen atoms in total. The maximum absolute atomic E-state index is 11.6. The minimum Gasteiger partial charge on any atom is -0.504 e. The van der Waals surface area contributed by atoms with Crippen molar-refractivity contribution in [1.29, 1.82) is 0 Å². The Balaban J connectivity index is 1.69. The van der Waals surface area contributed by atoms with Gasteiger partial charge in [0.1, 0.15) is 0 Å². The molecule has 2 saturated heterocycles. The van der Waals surface area contributed by atoms with Gasteiger partial charge in [-0.15, -0.1) is 0 Å². The molecule has 2 amide bonds. The number of rotatable bonds is 3. The first kappa shape index (κ1) is 13.1. The molecule has 0 aliphatic carbocycles. The van der Waals surface area contributed by atoms with Gasteiger partial charge in [0.05, 0.1) is 13.2 Å². The van der Waals surface area contributed by atoms with Crippen LogP contribution in [0.3, 0.4) is 0 Å².